The molecule has 0 unspecified atom stereocenters. The number of benzene rings is 1. The Morgan fingerprint density at radius 3 is 2.50 bits per heavy atom. The molecule has 0 aliphatic carbocycles. The molecule has 1 heterocycles. The number of carbonyl (C=O) groups excluding carboxylic acids is 1. The van der Waals surface area contributed by atoms with Crippen molar-refractivity contribution in [3.63, 3.8) is 0 Å². The number of esters is 1. The second-order valence-electron chi connectivity index (χ2n) is 5.19. The minimum Gasteiger partial charge on any atom is -0.497 e. The number of halogens is 3. The summed E-state index contributed by atoms with van der Waals surface area (Å²) in [7, 11) is 2.91. The number of pyridine rings is 1. The van der Waals surface area contributed by atoms with E-state index in [0.717, 1.165) is 12.3 Å². The highest BCUT2D eigenvalue weighted by molar-refractivity contribution is 5.69. The van der Waals surface area contributed by atoms with E-state index < -0.39 is 29.8 Å². The molecule has 140 valence electrons. The first-order valence-electron chi connectivity index (χ1n) is 7.39. The predicted octanol–water partition coefficient (Wildman–Crippen LogP) is 2.63. The van der Waals surface area contributed by atoms with Crippen LogP contribution in [0.2, 0.25) is 0 Å². The number of hydrogen-bond donors (Lipinski definition) is 0. The summed E-state index contributed by atoms with van der Waals surface area (Å²) in [4.78, 5) is 23.7. The van der Waals surface area contributed by atoms with E-state index in [0.29, 0.717) is 27.7 Å². The van der Waals surface area contributed by atoms with Crippen molar-refractivity contribution in [3.05, 3.63) is 58.0 Å². The number of ether oxygens (including phenoxy) is 3. The van der Waals surface area contributed by atoms with Gasteiger partial charge in [0.1, 0.15) is 30.2 Å². The van der Waals surface area contributed by atoms with Gasteiger partial charge in [0.05, 0.1) is 14.2 Å². The zero-order valence-corrected chi connectivity index (χ0v) is 14.0. The van der Waals surface area contributed by atoms with E-state index in [4.69, 9.17) is 14.2 Å². The lowest BCUT2D eigenvalue weighted by atomic mass is 10.2. The van der Waals surface area contributed by atoms with Crippen LogP contribution in [0.3, 0.4) is 0 Å². The predicted molar refractivity (Wildman–Crippen MR) is 85.0 cm³/mol. The van der Waals surface area contributed by atoms with E-state index >= 15 is 0 Å². The van der Waals surface area contributed by atoms with Crippen LogP contribution in [0, 0.1) is 0 Å². The molecule has 1 aromatic carbocycles. The van der Waals surface area contributed by atoms with E-state index in [1.165, 1.54) is 14.2 Å². The van der Waals surface area contributed by atoms with Crippen LogP contribution in [0.5, 0.6) is 11.5 Å². The molecule has 0 fully saturated rings. The molecule has 0 radical (unpaired) electrons. The van der Waals surface area contributed by atoms with Crippen molar-refractivity contribution < 1.29 is 32.2 Å². The van der Waals surface area contributed by atoms with Crippen molar-refractivity contribution in [2.75, 3.05) is 14.2 Å². The number of rotatable bonds is 6. The summed E-state index contributed by atoms with van der Waals surface area (Å²) in [5.41, 5.74) is -2.14. The maximum atomic E-state index is 12.7. The number of carbonyl (C=O) groups is 1. The molecule has 0 N–H and O–H groups in total. The summed E-state index contributed by atoms with van der Waals surface area (Å²) in [6.07, 6.45) is -3.71. The minimum atomic E-state index is -4.79. The van der Waals surface area contributed by atoms with Gasteiger partial charge in [-0.25, -0.2) is 0 Å². The standard InChI is InChI=1S/C17H16F3NO5/c1-24-12-5-6-14(25-2)11(8-12)10-26-15(22)9-21-7-3-4-13(16(21)23)17(18,19)20/h3-8H,9-10H2,1-2H3. The third-order valence-corrected chi connectivity index (χ3v) is 3.50. The lowest BCUT2D eigenvalue weighted by Crippen LogP contribution is -2.30. The molecule has 0 bridgehead atoms. The first kappa shape index (κ1) is 19.4. The van der Waals surface area contributed by atoms with E-state index in [-0.39, 0.29) is 6.61 Å². The largest absolute Gasteiger partial charge is 0.497 e. The maximum absolute atomic E-state index is 12.7. The Labute approximate surface area is 146 Å². The lowest BCUT2D eigenvalue weighted by molar-refractivity contribution is -0.146. The molecule has 26 heavy (non-hydrogen) atoms. The van der Waals surface area contributed by atoms with Gasteiger partial charge in [-0.2, -0.15) is 13.2 Å². The van der Waals surface area contributed by atoms with Gasteiger partial charge >= 0.3 is 12.1 Å². The molecule has 0 aliphatic heterocycles. The average Bonchev–Trinajstić information content (AvgIpc) is 2.60. The van der Waals surface area contributed by atoms with Crippen LogP contribution < -0.4 is 15.0 Å². The van der Waals surface area contributed by atoms with Gasteiger partial charge in [0.2, 0.25) is 0 Å². The highest BCUT2D eigenvalue weighted by Crippen LogP contribution is 2.26. The Bertz CT molecular complexity index is 845. The number of hydrogen-bond acceptors (Lipinski definition) is 5. The topological polar surface area (TPSA) is 66.8 Å². The summed E-state index contributed by atoms with van der Waals surface area (Å²) in [6.45, 7) is -0.831. The second-order valence-corrected chi connectivity index (χ2v) is 5.19. The van der Waals surface area contributed by atoms with Crippen molar-refractivity contribution in [1.29, 1.82) is 0 Å². The molecule has 2 rings (SSSR count). The fourth-order valence-electron chi connectivity index (χ4n) is 2.21. The SMILES string of the molecule is COc1ccc(OC)c(COC(=O)Cn2cccc(C(F)(F)F)c2=O)c1. The summed E-state index contributed by atoms with van der Waals surface area (Å²) < 4.78 is 54.1. The molecule has 0 saturated carbocycles. The van der Waals surface area contributed by atoms with Gasteiger partial charge in [0, 0.05) is 11.8 Å². The first-order valence-corrected chi connectivity index (χ1v) is 7.39. The van der Waals surface area contributed by atoms with Crippen molar-refractivity contribution >= 4 is 5.97 Å². The van der Waals surface area contributed by atoms with Crippen molar-refractivity contribution in [1.82, 2.24) is 4.57 Å². The second kappa shape index (κ2) is 7.94. The summed E-state index contributed by atoms with van der Waals surface area (Å²) in [5, 5.41) is 0. The van der Waals surface area contributed by atoms with Crippen molar-refractivity contribution in [2.45, 2.75) is 19.3 Å². The van der Waals surface area contributed by atoms with Crippen LogP contribution in [0.1, 0.15) is 11.1 Å². The molecule has 1 aromatic heterocycles. The Hall–Kier alpha value is -2.97. The molecule has 0 saturated heterocycles. The Morgan fingerprint density at radius 2 is 1.88 bits per heavy atom. The van der Waals surface area contributed by atoms with Crippen LogP contribution >= 0.6 is 0 Å². The van der Waals surface area contributed by atoms with Crippen molar-refractivity contribution in [3.8, 4) is 11.5 Å². The normalized spacial score (nSPS) is 11.1. The highest BCUT2D eigenvalue weighted by Gasteiger charge is 2.34. The van der Waals surface area contributed by atoms with Crippen LogP contribution in [0.25, 0.3) is 0 Å². The van der Waals surface area contributed by atoms with E-state index in [9.17, 15) is 22.8 Å². The Balaban J connectivity index is 2.10. The van der Waals surface area contributed by atoms with Gasteiger partial charge < -0.3 is 18.8 Å². The number of nitrogens with zero attached hydrogens (tertiary/aromatic N) is 1. The third-order valence-electron chi connectivity index (χ3n) is 3.50. The van der Waals surface area contributed by atoms with E-state index in [1.807, 2.05) is 0 Å². The van der Waals surface area contributed by atoms with Crippen LogP contribution in [-0.4, -0.2) is 24.8 Å². The maximum Gasteiger partial charge on any atom is 0.421 e. The number of aromatic nitrogens is 1. The fraction of sp³-hybridized carbons (Fsp3) is 0.294. The van der Waals surface area contributed by atoms with Gasteiger partial charge in [-0.05, 0) is 30.3 Å². The molecule has 2 aromatic rings. The highest BCUT2D eigenvalue weighted by atomic mass is 19.4. The molecule has 0 spiro atoms. The van der Waals surface area contributed by atoms with E-state index in [1.54, 1.807) is 18.2 Å². The minimum absolute atomic E-state index is 0.188. The summed E-state index contributed by atoms with van der Waals surface area (Å²) in [6, 6.07) is 6.59. The van der Waals surface area contributed by atoms with Gasteiger partial charge in [-0.3, -0.25) is 9.59 Å². The molecular formula is C17H16F3NO5. The van der Waals surface area contributed by atoms with E-state index in [2.05, 4.69) is 0 Å². The summed E-state index contributed by atoms with van der Waals surface area (Å²) >= 11 is 0. The fourth-order valence-corrected chi connectivity index (χ4v) is 2.21. The van der Waals surface area contributed by atoms with Crippen LogP contribution in [-0.2, 0) is 28.9 Å². The smallest absolute Gasteiger partial charge is 0.421 e. The zero-order valence-electron chi connectivity index (χ0n) is 14.0. The summed E-state index contributed by atoms with van der Waals surface area (Å²) in [5.74, 6) is 0.108. The third kappa shape index (κ3) is 4.56. The molecule has 9 heteroatoms. The molecule has 0 aliphatic rings. The van der Waals surface area contributed by atoms with Crippen molar-refractivity contribution in [2.24, 2.45) is 0 Å². The molecular weight excluding hydrogens is 355 g/mol. The van der Waals surface area contributed by atoms with Gasteiger partial charge in [-0.15, -0.1) is 0 Å². The van der Waals surface area contributed by atoms with Gasteiger partial charge in [-0.1, -0.05) is 0 Å². The zero-order chi connectivity index (χ0) is 19.3. The van der Waals surface area contributed by atoms with Gasteiger partial charge in [0.25, 0.3) is 5.56 Å². The first-order chi connectivity index (χ1) is 12.3. The molecule has 0 amide bonds. The molecule has 0 atom stereocenters. The van der Waals surface area contributed by atoms with Gasteiger partial charge in [0.15, 0.2) is 0 Å². The number of methoxy groups -OCH3 is 2. The average molecular weight is 371 g/mol. The molecule has 6 nitrogen and oxygen atoms in total. The van der Waals surface area contributed by atoms with Crippen LogP contribution in [0.15, 0.2) is 41.3 Å². The lowest BCUT2D eigenvalue weighted by Gasteiger charge is -2.12. The number of alkyl halides is 3. The Kier molecular flexibility index (Phi) is 5.91. The Morgan fingerprint density at radius 1 is 1.15 bits per heavy atom. The monoisotopic (exact) mass is 371 g/mol. The van der Waals surface area contributed by atoms with Crippen LogP contribution in [0.4, 0.5) is 13.2 Å². The quantitative estimate of drug-likeness (QED) is 0.731.